The lowest BCUT2D eigenvalue weighted by molar-refractivity contribution is -0.140. The van der Waals surface area contributed by atoms with Gasteiger partial charge in [-0.15, -0.1) is 0 Å². The van der Waals surface area contributed by atoms with E-state index in [1.54, 1.807) is 7.11 Å². The first kappa shape index (κ1) is 24.6. The van der Waals surface area contributed by atoms with Gasteiger partial charge in [0.25, 0.3) is 0 Å². The molecule has 2 aromatic carbocycles. The lowest BCUT2D eigenvalue weighted by Crippen LogP contribution is -2.38. The first-order chi connectivity index (χ1) is 16.7. The number of dihydropyridines is 1. The van der Waals surface area contributed by atoms with Gasteiger partial charge in [0, 0.05) is 29.3 Å². The topological polar surface area (TPSA) is 73.9 Å². The highest BCUT2D eigenvalue weighted by Crippen LogP contribution is 2.47. The molecule has 0 bridgehead atoms. The number of hydrogen-bond donors (Lipinski definition) is 1. The zero-order valence-corrected chi connectivity index (χ0v) is 21.1. The van der Waals surface area contributed by atoms with Crippen molar-refractivity contribution in [3.05, 3.63) is 82.2 Å². The van der Waals surface area contributed by atoms with Crippen LogP contribution in [0.3, 0.4) is 0 Å². The molecule has 35 heavy (non-hydrogen) atoms. The summed E-state index contributed by atoms with van der Waals surface area (Å²) >= 11 is 0. The van der Waals surface area contributed by atoms with Crippen molar-refractivity contribution >= 4 is 11.8 Å². The molecule has 0 saturated heterocycles. The van der Waals surface area contributed by atoms with Crippen LogP contribution in [0.1, 0.15) is 57.6 Å². The van der Waals surface area contributed by atoms with Gasteiger partial charge in [-0.05, 0) is 61.1 Å². The minimum absolute atomic E-state index is 0.0654. The largest absolute Gasteiger partial charge is 0.497 e. The third-order valence-electron chi connectivity index (χ3n) is 6.51. The highest BCUT2D eigenvalue weighted by molar-refractivity contribution is 6.04. The highest BCUT2D eigenvalue weighted by Gasteiger charge is 2.43. The van der Waals surface area contributed by atoms with E-state index in [-0.39, 0.29) is 17.8 Å². The van der Waals surface area contributed by atoms with Crippen molar-refractivity contribution in [3.63, 3.8) is 0 Å². The number of rotatable bonds is 7. The summed E-state index contributed by atoms with van der Waals surface area (Å²) in [6.07, 6.45) is 1.18. The Hall–Kier alpha value is -3.54. The van der Waals surface area contributed by atoms with Gasteiger partial charge >= 0.3 is 5.97 Å². The number of Topliss-reactive ketones (excluding diaryl/α,β-unsaturated/α-hetero) is 1. The van der Waals surface area contributed by atoms with E-state index in [0.29, 0.717) is 29.9 Å². The Labute approximate surface area is 207 Å². The second-order valence-corrected chi connectivity index (χ2v) is 9.86. The zero-order chi connectivity index (χ0) is 25.2. The molecule has 0 spiro atoms. The molecule has 2 aromatic rings. The maximum atomic E-state index is 13.5. The molecule has 1 aliphatic carbocycles. The number of allylic oxidation sites excluding steroid dienone is 3. The van der Waals surface area contributed by atoms with Crippen molar-refractivity contribution in [3.8, 4) is 11.5 Å². The van der Waals surface area contributed by atoms with Crippen molar-refractivity contribution in [1.29, 1.82) is 0 Å². The monoisotopic (exact) mass is 475 g/mol. The third-order valence-corrected chi connectivity index (χ3v) is 6.51. The molecule has 4 rings (SSSR count). The Morgan fingerprint density at radius 1 is 1.03 bits per heavy atom. The van der Waals surface area contributed by atoms with Crippen LogP contribution in [-0.2, 0) is 20.9 Å². The normalized spacial score (nSPS) is 19.1. The number of esters is 1. The van der Waals surface area contributed by atoms with E-state index >= 15 is 0 Å². The van der Waals surface area contributed by atoms with Gasteiger partial charge < -0.3 is 19.5 Å². The number of carbonyl (C=O) groups is 2. The van der Waals surface area contributed by atoms with E-state index in [4.69, 9.17) is 14.2 Å². The molecule has 0 radical (unpaired) electrons. The SMILES string of the molecule is CCOc1ccc(C2C(C(=O)OCc3ccc(OC)cc3)=C(C)NC3=C2C(=O)CC(C)(C)C3)cc1. The molecule has 1 aliphatic heterocycles. The van der Waals surface area contributed by atoms with E-state index < -0.39 is 11.9 Å². The van der Waals surface area contributed by atoms with E-state index in [0.717, 1.165) is 34.7 Å². The van der Waals surface area contributed by atoms with Crippen LogP contribution in [0.2, 0.25) is 0 Å². The number of carbonyl (C=O) groups excluding carboxylic acids is 2. The Morgan fingerprint density at radius 3 is 2.31 bits per heavy atom. The van der Waals surface area contributed by atoms with Crippen LogP contribution < -0.4 is 14.8 Å². The predicted molar refractivity (Wildman–Crippen MR) is 134 cm³/mol. The van der Waals surface area contributed by atoms with Gasteiger partial charge in [-0.1, -0.05) is 38.1 Å². The summed E-state index contributed by atoms with van der Waals surface area (Å²) in [6.45, 7) is 8.70. The van der Waals surface area contributed by atoms with Crippen LogP contribution in [0.15, 0.2) is 71.1 Å². The fourth-order valence-electron chi connectivity index (χ4n) is 4.91. The van der Waals surface area contributed by atoms with E-state index in [2.05, 4.69) is 19.2 Å². The number of ether oxygens (including phenoxy) is 3. The first-order valence-electron chi connectivity index (χ1n) is 12.0. The molecule has 1 N–H and O–H groups in total. The second kappa shape index (κ2) is 9.98. The van der Waals surface area contributed by atoms with Crippen LogP contribution in [0.4, 0.5) is 0 Å². The van der Waals surface area contributed by atoms with E-state index in [1.807, 2.05) is 62.4 Å². The minimum atomic E-state index is -0.492. The number of methoxy groups -OCH3 is 1. The minimum Gasteiger partial charge on any atom is -0.497 e. The van der Waals surface area contributed by atoms with Gasteiger partial charge in [0.1, 0.15) is 18.1 Å². The molecule has 184 valence electrons. The number of nitrogens with one attached hydrogen (secondary N) is 1. The molecule has 1 atom stereocenters. The molecule has 6 heteroatoms. The average molecular weight is 476 g/mol. The molecule has 0 saturated carbocycles. The predicted octanol–water partition coefficient (Wildman–Crippen LogP) is 5.44. The molecule has 0 aromatic heterocycles. The van der Waals surface area contributed by atoms with Crippen LogP contribution in [0, 0.1) is 5.41 Å². The van der Waals surface area contributed by atoms with Crippen molar-refractivity contribution in [2.45, 2.75) is 53.1 Å². The smallest absolute Gasteiger partial charge is 0.337 e. The Bertz CT molecular complexity index is 1170. The number of ketones is 1. The van der Waals surface area contributed by atoms with Gasteiger partial charge in [0.15, 0.2) is 5.78 Å². The molecule has 0 amide bonds. The van der Waals surface area contributed by atoms with Gasteiger partial charge in [0.05, 0.1) is 19.3 Å². The third kappa shape index (κ3) is 5.26. The van der Waals surface area contributed by atoms with Crippen molar-refractivity contribution < 1.29 is 23.8 Å². The van der Waals surface area contributed by atoms with E-state index in [9.17, 15) is 9.59 Å². The summed E-state index contributed by atoms with van der Waals surface area (Å²) in [5.74, 6) is 0.627. The second-order valence-electron chi connectivity index (χ2n) is 9.86. The lowest BCUT2D eigenvalue weighted by Gasteiger charge is -2.39. The Kier molecular flexibility index (Phi) is 7.01. The molecular formula is C29H33NO5. The summed E-state index contributed by atoms with van der Waals surface area (Å²) in [7, 11) is 1.61. The maximum absolute atomic E-state index is 13.5. The molecule has 1 unspecified atom stereocenters. The lowest BCUT2D eigenvalue weighted by atomic mass is 9.68. The fourth-order valence-corrected chi connectivity index (χ4v) is 4.91. The average Bonchev–Trinajstić information content (AvgIpc) is 2.82. The Morgan fingerprint density at radius 2 is 1.69 bits per heavy atom. The maximum Gasteiger partial charge on any atom is 0.337 e. The number of benzene rings is 2. The van der Waals surface area contributed by atoms with Crippen LogP contribution >= 0.6 is 0 Å². The molecule has 1 heterocycles. The first-order valence-corrected chi connectivity index (χ1v) is 12.0. The van der Waals surface area contributed by atoms with Crippen molar-refractivity contribution in [2.75, 3.05) is 13.7 Å². The van der Waals surface area contributed by atoms with Crippen LogP contribution in [0.25, 0.3) is 0 Å². The van der Waals surface area contributed by atoms with Gasteiger partial charge in [-0.25, -0.2) is 4.79 Å². The summed E-state index contributed by atoms with van der Waals surface area (Å²) < 4.78 is 16.5. The van der Waals surface area contributed by atoms with Crippen LogP contribution in [-0.4, -0.2) is 25.5 Å². The Balaban J connectivity index is 1.68. The van der Waals surface area contributed by atoms with E-state index in [1.165, 1.54) is 0 Å². The zero-order valence-electron chi connectivity index (χ0n) is 21.1. The highest BCUT2D eigenvalue weighted by atomic mass is 16.5. The van der Waals surface area contributed by atoms with Crippen LogP contribution in [0.5, 0.6) is 11.5 Å². The summed E-state index contributed by atoms with van der Waals surface area (Å²) in [6, 6.07) is 15.0. The summed E-state index contributed by atoms with van der Waals surface area (Å²) in [5, 5.41) is 3.38. The fraction of sp³-hybridized carbons (Fsp3) is 0.379. The molecular weight excluding hydrogens is 442 g/mol. The van der Waals surface area contributed by atoms with Gasteiger partial charge in [-0.3, -0.25) is 4.79 Å². The molecule has 0 fully saturated rings. The summed E-state index contributed by atoms with van der Waals surface area (Å²) in [5.41, 5.74) is 4.33. The quantitative estimate of drug-likeness (QED) is 0.538. The van der Waals surface area contributed by atoms with Crippen molar-refractivity contribution in [2.24, 2.45) is 5.41 Å². The van der Waals surface area contributed by atoms with Crippen molar-refractivity contribution in [1.82, 2.24) is 5.32 Å². The number of hydrogen-bond acceptors (Lipinski definition) is 6. The molecule has 2 aliphatic rings. The summed E-state index contributed by atoms with van der Waals surface area (Å²) in [4.78, 5) is 26.9. The van der Waals surface area contributed by atoms with Gasteiger partial charge in [0.2, 0.25) is 0 Å². The van der Waals surface area contributed by atoms with Gasteiger partial charge in [-0.2, -0.15) is 0 Å². The standard InChI is InChI=1S/C29H33NO5/c1-6-34-22-13-9-20(10-14-22)26-25(28(32)35-17-19-7-11-21(33-5)12-8-19)18(2)30-23-15-29(3,4)16-24(31)27(23)26/h7-14,26,30H,6,15-17H2,1-5H3. The molecule has 6 nitrogen and oxygen atoms in total.